The molecule has 3 heterocycles. The van der Waals surface area contributed by atoms with E-state index in [1.54, 1.807) is 6.20 Å². The number of rotatable bonds is 2. The smallest absolute Gasteiger partial charge is 0.231 e. The van der Waals surface area contributed by atoms with Crippen molar-refractivity contribution in [3.05, 3.63) is 30.5 Å². The highest BCUT2D eigenvalue weighted by atomic mass is 16.7. The Kier molecular flexibility index (Phi) is 2.89. The van der Waals surface area contributed by atoms with Crippen LogP contribution in [0.15, 0.2) is 30.5 Å². The molecule has 0 aliphatic carbocycles. The number of hydrogen-bond donors (Lipinski definition) is 1. The summed E-state index contributed by atoms with van der Waals surface area (Å²) >= 11 is 0. The van der Waals surface area contributed by atoms with Gasteiger partial charge in [-0.05, 0) is 30.7 Å². The molecule has 1 fully saturated rings. The third-order valence-electron chi connectivity index (χ3n) is 3.76. The van der Waals surface area contributed by atoms with Crippen LogP contribution < -0.4 is 14.4 Å². The largest absolute Gasteiger partial charge is 0.454 e. The first-order valence-corrected chi connectivity index (χ1v) is 6.96. The van der Waals surface area contributed by atoms with Crippen LogP contribution in [-0.2, 0) is 0 Å². The van der Waals surface area contributed by atoms with E-state index in [1.165, 1.54) is 0 Å². The molecule has 1 N–H and O–H groups in total. The Labute approximate surface area is 122 Å². The Morgan fingerprint density at radius 1 is 1.19 bits per heavy atom. The second-order valence-corrected chi connectivity index (χ2v) is 5.20. The topological polar surface area (TPSA) is 67.7 Å². The summed E-state index contributed by atoms with van der Waals surface area (Å²) in [6.07, 6.45) is 2.25. The molecule has 21 heavy (non-hydrogen) atoms. The Bertz CT molecular complexity index is 677. The van der Waals surface area contributed by atoms with Gasteiger partial charge in [-0.15, -0.1) is 0 Å². The molecular weight excluding hydrogens is 270 g/mol. The van der Waals surface area contributed by atoms with Crippen LogP contribution in [0, 0.1) is 0 Å². The van der Waals surface area contributed by atoms with Gasteiger partial charge in [0.15, 0.2) is 17.3 Å². The molecule has 2 aliphatic heterocycles. The van der Waals surface area contributed by atoms with E-state index in [2.05, 4.69) is 14.9 Å². The van der Waals surface area contributed by atoms with Crippen molar-refractivity contribution >= 4 is 5.82 Å². The highest BCUT2D eigenvalue weighted by Crippen LogP contribution is 2.35. The van der Waals surface area contributed by atoms with Gasteiger partial charge in [0.1, 0.15) is 5.82 Å². The second-order valence-electron chi connectivity index (χ2n) is 5.20. The predicted molar refractivity (Wildman–Crippen MR) is 76.4 cm³/mol. The molecule has 0 spiro atoms. The lowest BCUT2D eigenvalue weighted by Crippen LogP contribution is -2.22. The molecule has 4 rings (SSSR count). The minimum Gasteiger partial charge on any atom is -0.454 e. The van der Waals surface area contributed by atoms with Crippen LogP contribution in [0.2, 0.25) is 0 Å². The number of hydrogen-bond acceptors (Lipinski definition) is 6. The Morgan fingerprint density at radius 3 is 2.95 bits per heavy atom. The first-order valence-electron chi connectivity index (χ1n) is 6.96. The molecule has 0 amide bonds. The van der Waals surface area contributed by atoms with E-state index in [-0.39, 0.29) is 12.9 Å². The monoisotopic (exact) mass is 285 g/mol. The van der Waals surface area contributed by atoms with E-state index < -0.39 is 0 Å². The van der Waals surface area contributed by atoms with Gasteiger partial charge in [0.25, 0.3) is 0 Å². The zero-order chi connectivity index (χ0) is 14.2. The van der Waals surface area contributed by atoms with E-state index in [1.807, 2.05) is 24.3 Å². The third kappa shape index (κ3) is 2.27. The fourth-order valence-electron chi connectivity index (χ4n) is 2.65. The lowest BCUT2D eigenvalue weighted by Gasteiger charge is -2.16. The van der Waals surface area contributed by atoms with Crippen molar-refractivity contribution in [3.8, 4) is 22.9 Å². The Morgan fingerprint density at radius 2 is 2.10 bits per heavy atom. The van der Waals surface area contributed by atoms with Gasteiger partial charge in [0.2, 0.25) is 6.79 Å². The molecule has 0 saturated carbocycles. The van der Waals surface area contributed by atoms with E-state index in [9.17, 15) is 5.11 Å². The molecule has 2 aliphatic rings. The lowest BCUT2D eigenvalue weighted by atomic mass is 10.2. The number of aliphatic hydroxyl groups excluding tert-OH is 1. The van der Waals surface area contributed by atoms with Crippen LogP contribution >= 0.6 is 0 Å². The van der Waals surface area contributed by atoms with E-state index >= 15 is 0 Å². The zero-order valence-electron chi connectivity index (χ0n) is 11.4. The maximum absolute atomic E-state index is 9.64. The predicted octanol–water partition coefficient (Wildman–Crippen LogP) is 1.44. The number of β-amino-alcohol motifs (C(OH)–C–C–N with tert-alkyl or cyclic N) is 1. The van der Waals surface area contributed by atoms with Gasteiger partial charge >= 0.3 is 0 Å². The molecule has 1 saturated heterocycles. The molecule has 6 nitrogen and oxygen atoms in total. The fraction of sp³-hybridized carbons (Fsp3) is 0.333. The number of benzene rings is 1. The van der Waals surface area contributed by atoms with Crippen molar-refractivity contribution in [3.63, 3.8) is 0 Å². The van der Waals surface area contributed by atoms with Crippen LogP contribution in [0.1, 0.15) is 6.42 Å². The van der Waals surface area contributed by atoms with Gasteiger partial charge in [-0.1, -0.05) is 0 Å². The lowest BCUT2D eigenvalue weighted by molar-refractivity contribution is 0.174. The van der Waals surface area contributed by atoms with E-state index in [0.29, 0.717) is 12.4 Å². The second kappa shape index (κ2) is 4.89. The van der Waals surface area contributed by atoms with Crippen molar-refractivity contribution < 1.29 is 14.6 Å². The van der Waals surface area contributed by atoms with Gasteiger partial charge in [0.05, 0.1) is 6.10 Å². The first-order chi connectivity index (χ1) is 10.3. The number of aliphatic hydroxyl groups is 1. The molecule has 6 heteroatoms. The summed E-state index contributed by atoms with van der Waals surface area (Å²) in [6, 6.07) is 7.55. The van der Waals surface area contributed by atoms with E-state index in [0.717, 1.165) is 35.8 Å². The summed E-state index contributed by atoms with van der Waals surface area (Å²) in [5.74, 6) is 2.96. The zero-order valence-corrected chi connectivity index (χ0v) is 11.4. The van der Waals surface area contributed by atoms with Crippen molar-refractivity contribution in [1.29, 1.82) is 0 Å². The number of anilines is 1. The van der Waals surface area contributed by atoms with Crippen LogP contribution in [-0.4, -0.2) is 41.1 Å². The molecule has 0 radical (unpaired) electrons. The molecule has 2 aromatic rings. The maximum Gasteiger partial charge on any atom is 0.231 e. The summed E-state index contributed by atoms with van der Waals surface area (Å²) in [5.41, 5.74) is 0.890. The quantitative estimate of drug-likeness (QED) is 0.900. The Balaban J connectivity index is 1.66. The van der Waals surface area contributed by atoms with Gasteiger partial charge in [-0.2, -0.15) is 0 Å². The van der Waals surface area contributed by atoms with Crippen LogP contribution in [0.5, 0.6) is 11.5 Å². The number of aromatic nitrogens is 2. The average molecular weight is 285 g/mol. The SMILES string of the molecule is OC1CCN(c2ccnc(-c3ccc4c(c3)OCO4)n2)C1. The first kappa shape index (κ1) is 12.4. The molecule has 1 aromatic heterocycles. The molecule has 1 atom stereocenters. The van der Waals surface area contributed by atoms with Gasteiger partial charge in [-0.25, -0.2) is 9.97 Å². The van der Waals surface area contributed by atoms with Crippen molar-refractivity contribution in [1.82, 2.24) is 9.97 Å². The highest BCUT2D eigenvalue weighted by Gasteiger charge is 2.22. The highest BCUT2D eigenvalue weighted by molar-refractivity contribution is 5.63. The summed E-state index contributed by atoms with van der Waals surface area (Å²) in [6.45, 7) is 1.70. The van der Waals surface area contributed by atoms with Gasteiger partial charge in [0, 0.05) is 24.8 Å². The molecular formula is C15H15N3O3. The Hall–Kier alpha value is -2.34. The summed E-state index contributed by atoms with van der Waals surface area (Å²) in [5, 5.41) is 9.64. The normalized spacial score (nSPS) is 20.0. The van der Waals surface area contributed by atoms with Crippen molar-refractivity contribution in [2.24, 2.45) is 0 Å². The molecule has 1 unspecified atom stereocenters. The molecule has 0 bridgehead atoms. The van der Waals surface area contributed by atoms with Gasteiger partial charge in [-0.3, -0.25) is 0 Å². The van der Waals surface area contributed by atoms with Crippen molar-refractivity contribution in [2.75, 3.05) is 24.8 Å². The number of ether oxygens (including phenoxy) is 2. The number of fused-ring (bicyclic) bond motifs is 1. The van der Waals surface area contributed by atoms with Crippen LogP contribution in [0.25, 0.3) is 11.4 Å². The number of nitrogens with zero attached hydrogens (tertiary/aromatic N) is 3. The minimum atomic E-state index is -0.269. The van der Waals surface area contributed by atoms with Crippen LogP contribution in [0.4, 0.5) is 5.82 Å². The molecule has 1 aromatic carbocycles. The standard InChI is InChI=1S/C15H15N3O3/c19-11-4-6-18(8-11)14-3-5-16-15(17-14)10-1-2-12-13(7-10)21-9-20-12/h1-3,5,7,11,19H,4,6,8-9H2. The molecule has 108 valence electrons. The average Bonchev–Trinajstić information content (AvgIpc) is 3.15. The van der Waals surface area contributed by atoms with E-state index in [4.69, 9.17) is 9.47 Å². The van der Waals surface area contributed by atoms with Crippen molar-refractivity contribution in [2.45, 2.75) is 12.5 Å². The maximum atomic E-state index is 9.64. The van der Waals surface area contributed by atoms with Gasteiger partial charge < -0.3 is 19.5 Å². The summed E-state index contributed by atoms with van der Waals surface area (Å²) in [7, 11) is 0. The third-order valence-corrected chi connectivity index (χ3v) is 3.76. The van der Waals surface area contributed by atoms with Crippen LogP contribution in [0.3, 0.4) is 0 Å². The fourth-order valence-corrected chi connectivity index (χ4v) is 2.65. The summed E-state index contributed by atoms with van der Waals surface area (Å²) < 4.78 is 10.7. The minimum absolute atomic E-state index is 0.255. The summed E-state index contributed by atoms with van der Waals surface area (Å²) in [4.78, 5) is 11.0.